The van der Waals surface area contributed by atoms with E-state index in [0.717, 1.165) is 11.3 Å². The molecule has 1 aromatic rings. The fraction of sp³-hybridized carbons (Fsp3) is 0.308. The van der Waals surface area contributed by atoms with Crippen LogP contribution in [0.1, 0.15) is 11.1 Å². The van der Waals surface area contributed by atoms with Crippen LogP contribution >= 0.6 is 0 Å². The van der Waals surface area contributed by atoms with Gasteiger partial charge in [-0.2, -0.15) is 0 Å². The lowest BCUT2D eigenvalue weighted by Gasteiger charge is -2.21. The summed E-state index contributed by atoms with van der Waals surface area (Å²) in [6.45, 7) is 2.07. The van der Waals surface area contributed by atoms with Crippen molar-refractivity contribution in [3.63, 3.8) is 0 Å². The third-order valence-electron chi connectivity index (χ3n) is 2.81. The average molecular weight is 216 g/mol. The zero-order chi connectivity index (χ0) is 11.7. The predicted octanol–water partition coefficient (Wildman–Crippen LogP) is 1.94. The van der Waals surface area contributed by atoms with Gasteiger partial charge in [0.15, 0.2) is 0 Å². The highest BCUT2D eigenvalue weighted by atomic mass is 16.2. The summed E-state index contributed by atoms with van der Waals surface area (Å²) in [5, 5.41) is 3.21. The van der Waals surface area contributed by atoms with Gasteiger partial charge in [0.25, 0.3) is 5.91 Å². The Morgan fingerprint density at radius 2 is 2.12 bits per heavy atom. The lowest BCUT2D eigenvalue weighted by Crippen LogP contribution is -2.26. The second-order valence-electron chi connectivity index (χ2n) is 4.30. The van der Waals surface area contributed by atoms with E-state index in [-0.39, 0.29) is 5.91 Å². The van der Waals surface area contributed by atoms with E-state index in [0.29, 0.717) is 6.42 Å². The van der Waals surface area contributed by atoms with E-state index < -0.39 is 0 Å². The van der Waals surface area contributed by atoms with Gasteiger partial charge in [-0.05, 0) is 18.1 Å². The second-order valence-corrected chi connectivity index (χ2v) is 4.30. The molecule has 0 saturated carbocycles. The Morgan fingerprint density at radius 3 is 2.81 bits per heavy atom. The Morgan fingerprint density at radius 1 is 1.38 bits per heavy atom. The van der Waals surface area contributed by atoms with Gasteiger partial charge in [0, 0.05) is 38.0 Å². The molecule has 1 heterocycles. The van der Waals surface area contributed by atoms with E-state index in [1.54, 1.807) is 19.0 Å². The highest BCUT2D eigenvalue weighted by Gasteiger charge is 2.18. The quantitative estimate of drug-likeness (QED) is 0.778. The number of benzene rings is 1. The highest BCUT2D eigenvalue weighted by Crippen LogP contribution is 2.27. The molecule has 1 aliphatic heterocycles. The summed E-state index contributed by atoms with van der Waals surface area (Å²) >= 11 is 0. The SMILES string of the molecule is Cc1cccc2c1NC=C(C(=O)N(C)C)C2. The number of nitrogens with zero attached hydrogens (tertiary/aromatic N) is 1. The number of anilines is 1. The zero-order valence-electron chi connectivity index (χ0n) is 9.87. The highest BCUT2D eigenvalue weighted by molar-refractivity contribution is 5.95. The van der Waals surface area contributed by atoms with Crippen LogP contribution in [-0.2, 0) is 11.2 Å². The average Bonchev–Trinajstić information content (AvgIpc) is 2.28. The van der Waals surface area contributed by atoms with Crippen LogP contribution in [0.5, 0.6) is 0 Å². The third-order valence-corrected chi connectivity index (χ3v) is 2.81. The Bertz CT molecular complexity index is 461. The Kier molecular flexibility index (Phi) is 2.69. The maximum absolute atomic E-state index is 11.8. The van der Waals surface area contributed by atoms with Crippen molar-refractivity contribution in [3.8, 4) is 0 Å². The number of amides is 1. The van der Waals surface area contributed by atoms with Gasteiger partial charge in [-0.3, -0.25) is 4.79 Å². The van der Waals surface area contributed by atoms with Gasteiger partial charge in [-0.15, -0.1) is 0 Å². The molecule has 0 radical (unpaired) electrons. The monoisotopic (exact) mass is 216 g/mol. The fourth-order valence-electron chi connectivity index (χ4n) is 1.92. The van der Waals surface area contributed by atoms with Crippen molar-refractivity contribution in [2.75, 3.05) is 19.4 Å². The van der Waals surface area contributed by atoms with Gasteiger partial charge >= 0.3 is 0 Å². The third kappa shape index (κ3) is 1.81. The number of aryl methyl sites for hydroxylation is 1. The van der Waals surface area contributed by atoms with Crippen LogP contribution in [0.25, 0.3) is 0 Å². The number of hydrogen-bond donors (Lipinski definition) is 1. The first-order chi connectivity index (χ1) is 7.59. The maximum atomic E-state index is 11.8. The Balaban J connectivity index is 2.29. The molecule has 1 N–H and O–H groups in total. The molecule has 3 heteroatoms. The molecule has 1 aliphatic rings. The summed E-state index contributed by atoms with van der Waals surface area (Å²) in [7, 11) is 3.55. The van der Waals surface area contributed by atoms with Gasteiger partial charge in [-0.1, -0.05) is 18.2 Å². The van der Waals surface area contributed by atoms with Gasteiger partial charge in [0.05, 0.1) is 0 Å². The van der Waals surface area contributed by atoms with Crippen LogP contribution in [-0.4, -0.2) is 24.9 Å². The molecule has 0 unspecified atom stereocenters. The summed E-state index contributed by atoms with van der Waals surface area (Å²) in [6, 6.07) is 6.16. The van der Waals surface area contributed by atoms with Crippen molar-refractivity contribution in [1.82, 2.24) is 4.90 Å². The summed E-state index contributed by atoms with van der Waals surface area (Å²) in [5.41, 5.74) is 4.35. The lowest BCUT2D eigenvalue weighted by molar-refractivity contribution is -0.124. The molecule has 0 saturated heterocycles. The minimum Gasteiger partial charge on any atom is -0.361 e. The van der Waals surface area contributed by atoms with Crippen molar-refractivity contribution in [2.45, 2.75) is 13.3 Å². The smallest absolute Gasteiger partial charge is 0.251 e. The first kappa shape index (κ1) is 10.7. The molecule has 1 aromatic carbocycles. The molecule has 0 aromatic heterocycles. The second kappa shape index (κ2) is 4.00. The van der Waals surface area contributed by atoms with Gasteiger partial charge in [0.2, 0.25) is 0 Å². The molecule has 0 fully saturated rings. The molecule has 0 spiro atoms. The topological polar surface area (TPSA) is 32.3 Å². The van der Waals surface area contributed by atoms with Crippen molar-refractivity contribution in [3.05, 3.63) is 41.1 Å². The van der Waals surface area contributed by atoms with Crippen molar-refractivity contribution in [2.24, 2.45) is 0 Å². The number of fused-ring (bicyclic) bond motifs is 1. The molecule has 2 rings (SSSR count). The van der Waals surface area contributed by atoms with Gasteiger partial charge < -0.3 is 10.2 Å². The first-order valence-corrected chi connectivity index (χ1v) is 5.35. The number of carbonyl (C=O) groups is 1. The molecule has 3 nitrogen and oxygen atoms in total. The normalized spacial score (nSPS) is 13.6. The molecule has 0 bridgehead atoms. The van der Waals surface area contributed by atoms with Gasteiger partial charge in [0.1, 0.15) is 0 Å². The number of carbonyl (C=O) groups excluding carboxylic acids is 1. The van der Waals surface area contributed by atoms with Crippen LogP contribution in [0.15, 0.2) is 30.0 Å². The van der Waals surface area contributed by atoms with Crippen LogP contribution in [0.3, 0.4) is 0 Å². The minimum absolute atomic E-state index is 0.0691. The largest absolute Gasteiger partial charge is 0.361 e. The van der Waals surface area contributed by atoms with Crippen LogP contribution in [0.4, 0.5) is 5.69 Å². The predicted molar refractivity (Wildman–Crippen MR) is 65.3 cm³/mol. The van der Waals surface area contributed by atoms with Crippen molar-refractivity contribution in [1.29, 1.82) is 0 Å². The zero-order valence-corrected chi connectivity index (χ0v) is 9.87. The summed E-state index contributed by atoms with van der Waals surface area (Å²) in [4.78, 5) is 13.4. The fourth-order valence-corrected chi connectivity index (χ4v) is 1.92. The van der Waals surface area contributed by atoms with E-state index in [1.165, 1.54) is 11.1 Å². The minimum atomic E-state index is 0.0691. The van der Waals surface area contributed by atoms with E-state index in [2.05, 4.69) is 24.4 Å². The number of rotatable bonds is 1. The molecule has 0 atom stereocenters. The van der Waals surface area contributed by atoms with Crippen molar-refractivity contribution >= 4 is 11.6 Å². The molecule has 0 aliphatic carbocycles. The number of hydrogen-bond acceptors (Lipinski definition) is 2. The van der Waals surface area contributed by atoms with E-state index in [9.17, 15) is 4.79 Å². The van der Waals surface area contributed by atoms with Crippen LogP contribution < -0.4 is 5.32 Å². The van der Waals surface area contributed by atoms with Crippen LogP contribution in [0.2, 0.25) is 0 Å². The van der Waals surface area contributed by atoms with E-state index in [1.807, 2.05) is 12.3 Å². The molecule has 1 amide bonds. The Labute approximate surface area is 95.8 Å². The summed E-state index contributed by atoms with van der Waals surface area (Å²) < 4.78 is 0. The first-order valence-electron chi connectivity index (χ1n) is 5.35. The molecular weight excluding hydrogens is 200 g/mol. The van der Waals surface area contributed by atoms with E-state index >= 15 is 0 Å². The number of likely N-dealkylation sites (N-methyl/N-ethyl adjacent to an activating group) is 1. The lowest BCUT2D eigenvalue weighted by atomic mass is 9.97. The van der Waals surface area contributed by atoms with E-state index in [4.69, 9.17) is 0 Å². The van der Waals surface area contributed by atoms with Crippen molar-refractivity contribution < 1.29 is 4.79 Å². The number of para-hydroxylation sites is 1. The Hall–Kier alpha value is -1.77. The molecular formula is C13H16N2O. The van der Waals surface area contributed by atoms with Gasteiger partial charge in [-0.25, -0.2) is 0 Å². The maximum Gasteiger partial charge on any atom is 0.251 e. The van der Waals surface area contributed by atoms with Crippen LogP contribution in [0, 0.1) is 6.92 Å². The standard InChI is InChI=1S/C13H16N2O/c1-9-5-4-6-10-7-11(8-14-12(9)10)13(16)15(2)3/h4-6,8,14H,7H2,1-3H3. The molecule has 84 valence electrons. The summed E-state index contributed by atoms with van der Waals surface area (Å²) in [6.07, 6.45) is 2.53. The number of nitrogens with one attached hydrogen (secondary N) is 1. The summed E-state index contributed by atoms with van der Waals surface area (Å²) in [5.74, 6) is 0.0691. The molecule has 16 heavy (non-hydrogen) atoms.